The molecule has 4 nitrogen and oxygen atoms in total. The lowest BCUT2D eigenvalue weighted by Gasteiger charge is -2.15. The van der Waals surface area contributed by atoms with Gasteiger partial charge >= 0.3 is 0 Å². The van der Waals surface area contributed by atoms with Crippen LogP contribution >= 0.6 is 0 Å². The highest BCUT2D eigenvalue weighted by Crippen LogP contribution is 2.22. The summed E-state index contributed by atoms with van der Waals surface area (Å²) in [7, 11) is 1.89. The summed E-state index contributed by atoms with van der Waals surface area (Å²) >= 11 is 0. The molecular weight excluding hydrogens is 260 g/mol. The van der Waals surface area contributed by atoms with Crippen LogP contribution in [0.15, 0.2) is 36.7 Å². The molecule has 0 bridgehead atoms. The van der Waals surface area contributed by atoms with Gasteiger partial charge in [-0.05, 0) is 24.3 Å². The van der Waals surface area contributed by atoms with E-state index in [9.17, 15) is 0 Å². The average Bonchev–Trinajstić information content (AvgIpc) is 2.55. The largest absolute Gasteiger partial charge is 0.373 e. The summed E-state index contributed by atoms with van der Waals surface area (Å²) in [5.41, 5.74) is 2.53. The van der Waals surface area contributed by atoms with Gasteiger partial charge < -0.3 is 10.6 Å². The number of nitrogens with one attached hydrogen (secondary N) is 2. The van der Waals surface area contributed by atoms with Crippen molar-refractivity contribution in [1.82, 2.24) is 9.97 Å². The molecule has 1 heterocycles. The minimum atomic E-state index is 0.536. The van der Waals surface area contributed by atoms with E-state index in [1.807, 2.05) is 7.05 Å². The number of anilines is 2. The van der Waals surface area contributed by atoms with Gasteiger partial charge in [0.1, 0.15) is 18.0 Å². The molecule has 4 heteroatoms. The van der Waals surface area contributed by atoms with Crippen LogP contribution in [-0.4, -0.2) is 23.6 Å². The van der Waals surface area contributed by atoms with Gasteiger partial charge in [-0.1, -0.05) is 44.2 Å². The Balaban J connectivity index is 1.95. The molecule has 1 unspecified atom stereocenters. The predicted molar refractivity (Wildman–Crippen MR) is 88.9 cm³/mol. The van der Waals surface area contributed by atoms with Gasteiger partial charge in [0.2, 0.25) is 0 Å². The number of benzene rings is 1. The van der Waals surface area contributed by atoms with E-state index >= 15 is 0 Å². The zero-order valence-electron chi connectivity index (χ0n) is 13.1. The molecule has 1 aromatic heterocycles. The fourth-order valence-electron chi connectivity index (χ4n) is 2.47. The van der Waals surface area contributed by atoms with Gasteiger partial charge in [0.15, 0.2) is 0 Å². The van der Waals surface area contributed by atoms with Crippen LogP contribution in [0.1, 0.15) is 37.3 Å². The summed E-state index contributed by atoms with van der Waals surface area (Å²) in [4.78, 5) is 8.62. The molecule has 112 valence electrons. The highest BCUT2D eigenvalue weighted by atomic mass is 15.1. The number of hydrogen-bond acceptors (Lipinski definition) is 4. The van der Waals surface area contributed by atoms with Gasteiger partial charge in [-0.15, -0.1) is 0 Å². The van der Waals surface area contributed by atoms with E-state index in [0.29, 0.717) is 5.92 Å². The van der Waals surface area contributed by atoms with Crippen LogP contribution in [0.25, 0.3) is 0 Å². The third-order valence-electron chi connectivity index (χ3n) is 3.77. The second-order valence-electron chi connectivity index (χ2n) is 5.18. The lowest BCUT2D eigenvalue weighted by molar-refractivity contribution is 0.704. The molecule has 0 amide bonds. The quantitative estimate of drug-likeness (QED) is 0.814. The summed E-state index contributed by atoms with van der Waals surface area (Å²) in [5.74, 6) is 2.39. The van der Waals surface area contributed by atoms with Gasteiger partial charge in [-0.3, -0.25) is 0 Å². The van der Waals surface area contributed by atoms with E-state index in [2.05, 4.69) is 64.8 Å². The van der Waals surface area contributed by atoms with Crippen molar-refractivity contribution in [3.05, 3.63) is 47.8 Å². The van der Waals surface area contributed by atoms with Crippen LogP contribution in [0, 0.1) is 0 Å². The lowest BCUT2D eigenvalue weighted by atomic mass is 9.98. The first-order valence-electron chi connectivity index (χ1n) is 7.56. The third-order valence-corrected chi connectivity index (χ3v) is 3.77. The second kappa shape index (κ2) is 7.62. The normalized spacial score (nSPS) is 12.0. The molecule has 0 spiro atoms. The molecule has 0 radical (unpaired) electrons. The smallest absolute Gasteiger partial charge is 0.134 e. The van der Waals surface area contributed by atoms with E-state index in [-0.39, 0.29) is 0 Å². The van der Waals surface area contributed by atoms with Crippen LogP contribution < -0.4 is 10.6 Å². The first kappa shape index (κ1) is 15.3. The van der Waals surface area contributed by atoms with Crippen molar-refractivity contribution in [2.75, 3.05) is 24.2 Å². The monoisotopic (exact) mass is 284 g/mol. The molecule has 0 fully saturated rings. The van der Waals surface area contributed by atoms with E-state index < -0.39 is 0 Å². The van der Waals surface area contributed by atoms with Crippen LogP contribution in [0.4, 0.5) is 11.6 Å². The van der Waals surface area contributed by atoms with Crippen LogP contribution in [-0.2, 0) is 6.42 Å². The van der Waals surface area contributed by atoms with E-state index in [0.717, 1.165) is 36.6 Å². The maximum absolute atomic E-state index is 4.37. The van der Waals surface area contributed by atoms with Gasteiger partial charge in [0, 0.05) is 19.2 Å². The van der Waals surface area contributed by atoms with E-state index in [1.54, 1.807) is 6.33 Å². The third kappa shape index (κ3) is 3.94. The Bertz CT molecular complexity index is 554. The topological polar surface area (TPSA) is 49.8 Å². The first-order chi connectivity index (χ1) is 10.3. The Morgan fingerprint density at radius 3 is 2.48 bits per heavy atom. The van der Waals surface area contributed by atoms with Crippen molar-refractivity contribution in [2.45, 2.75) is 32.6 Å². The maximum atomic E-state index is 4.37. The Morgan fingerprint density at radius 1 is 1.10 bits per heavy atom. The zero-order valence-corrected chi connectivity index (χ0v) is 13.1. The number of rotatable bonds is 7. The minimum Gasteiger partial charge on any atom is -0.373 e. The van der Waals surface area contributed by atoms with Gasteiger partial charge in [0.05, 0.1) is 0 Å². The van der Waals surface area contributed by atoms with Gasteiger partial charge in [-0.25, -0.2) is 9.97 Å². The van der Waals surface area contributed by atoms with Crippen molar-refractivity contribution in [2.24, 2.45) is 0 Å². The zero-order chi connectivity index (χ0) is 15.1. The fourth-order valence-corrected chi connectivity index (χ4v) is 2.47. The second-order valence-corrected chi connectivity index (χ2v) is 5.18. The summed E-state index contributed by atoms with van der Waals surface area (Å²) in [6, 6.07) is 10.6. The maximum Gasteiger partial charge on any atom is 0.134 e. The van der Waals surface area contributed by atoms with Crippen LogP contribution in [0.3, 0.4) is 0 Å². The molecule has 0 saturated carbocycles. The molecule has 0 aliphatic rings. The fraction of sp³-hybridized carbons (Fsp3) is 0.412. The number of hydrogen-bond donors (Lipinski definition) is 2. The van der Waals surface area contributed by atoms with Crippen LogP contribution in [0.5, 0.6) is 0 Å². The summed E-state index contributed by atoms with van der Waals surface area (Å²) in [6.07, 6.45) is 3.59. The standard InChI is InChI=1S/C17H24N4/c1-4-15-16(18-3)20-12-21-17(15)19-11-10-13(2)14-8-6-5-7-9-14/h5-9,12-13H,4,10-11H2,1-3H3,(H2,18,19,20,21). The molecule has 2 rings (SSSR count). The number of aromatic nitrogens is 2. The van der Waals surface area contributed by atoms with Gasteiger partial charge in [0.25, 0.3) is 0 Å². The predicted octanol–water partition coefficient (Wildman–Crippen LogP) is 3.69. The Labute approximate surface area is 127 Å². The lowest BCUT2D eigenvalue weighted by Crippen LogP contribution is -2.11. The molecule has 0 saturated heterocycles. The highest BCUT2D eigenvalue weighted by molar-refractivity contribution is 5.57. The van der Waals surface area contributed by atoms with Crippen molar-refractivity contribution in [1.29, 1.82) is 0 Å². The first-order valence-corrected chi connectivity index (χ1v) is 7.56. The molecule has 0 aliphatic heterocycles. The van der Waals surface area contributed by atoms with Crippen LogP contribution in [0.2, 0.25) is 0 Å². The average molecular weight is 284 g/mol. The van der Waals surface area contributed by atoms with Gasteiger partial charge in [-0.2, -0.15) is 0 Å². The van der Waals surface area contributed by atoms with Crippen molar-refractivity contribution in [3.8, 4) is 0 Å². The molecule has 0 aliphatic carbocycles. The minimum absolute atomic E-state index is 0.536. The highest BCUT2D eigenvalue weighted by Gasteiger charge is 2.09. The Morgan fingerprint density at radius 2 is 1.81 bits per heavy atom. The SMILES string of the molecule is CCc1c(NC)ncnc1NCCC(C)c1ccccc1. The molecule has 1 aromatic carbocycles. The van der Waals surface area contributed by atoms with Crippen molar-refractivity contribution >= 4 is 11.6 Å². The molecule has 21 heavy (non-hydrogen) atoms. The Kier molecular flexibility index (Phi) is 5.55. The molecule has 1 atom stereocenters. The van der Waals surface area contributed by atoms with E-state index in [4.69, 9.17) is 0 Å². The van der Waals surface area contributed by atoms with Crippen molar-refractivity contribution < 1.29 is 0 Å². The summed E-state index contributed by atoms with van der Waals surface area (Å²) < 4.78 is 0. The Hall–Kier alpha value is -2.10. The summed E-state index contributed by atoms with van der Waals surface area (Å²) in [6.45, 7) is 5.29. The summed E-state index contributed by atoms with van der Waals surface area (Å²) in [5, 5.41) is 6.57. The van der Waals surface area contributed by atoms with Crippen molar-refractivity contribution in [3.63, 3.8) is 0 Å². The number of nitrogens with zero attached hydrogens (tertiary/aromatic N) is 2. The molecule has 2 aromatic rings. The van der Waals surface area contributed by atoms with E-state index in [1.165, 1.54) is 5.56 Å². The molecular formula is C17H24N4. The molecule has 2 N–H and O–H groups in total.